The Bertz CT molecular complexity index is 992. The van der Waals surface area contributed by atoms with Gasteiger partial charge in [0.1, 0.15) is 11.3 Å². The number of nitrogens with one attached hydrogen (secondary N) is 1. The first-order chi connectivity index (χ1) is 15.0. The molecule has 3 aromatic rings. The Hall–Kier alpha value is -2.86. The van der Waals surface area contributed by atoms with Crippen molar-refractivity contribution < 1.29 is 19.7 Å². The molecule has 0 amide bonds. The first-order valence-corrected chi connectivity index (χ1v) is 10.6. The fourth-order valence-electron chi connectivity index (χ4n) is 3.51. The summed E-state index contributed by atoms with van der Waals surface area (Å²) in [4.78, 5) is 11.4. The van der Waals surface area contributed by atoms with Crippen molar-refractivity contribution in [2.24, 2.45) is 0 Å². The van der Waals surface area contributed by atoms with Crippen LogP contribution in [0.25, 0.3) is 11.1 Å². The molecule has 0 aliphatic heterocycles. The van der Waals surface area contributed by atoms with Crippen molar-refractivity contribution >= 4 is 18.4 Å². The molecule has 3 aromatic carbocycles. The number of ether oxygens (including phenoxy) is 1. The molecule has 3 rings (SSSR count). The SMILES string of the molecule is CCOc1cc(-c2ccc(CCN[C@@H](C)[C@H](O)c3ccccc3)cc2)ccc1C(=O)O.Cl. The Morgan fingerprint density at radius 1 is 1.00 bits per heavy atom. The Balaban J connectivity index is 0.00000363. The topological polar surface area (TPSA) is 78.8 Å². The number of aromatic carboxylic acids is 1. The lowest BCUT2D eigenvalue weighted by Crippen LogP contribution is -2.33. The molecule has 0 saturated carbocycles. The standard InChI is InChI=1S/C26H29NO4.ClH/c1-3-31-24-17-22(13-14-23(24)26(29)30)20-11-9-19(10-12-20)15-16-27-18(2)25(28)21-7-5-4-6-8-21;/h4-14,17-18,25,27-28H,3,15-16H2,1-2H3,(H,29,30);1H/t18-,25-;/m0./s1. The third-order valence-electron chi connectivity index (χ3n) is 5.29. The lowest BCUT2D eigenvalue weighted by molar-refractivity contribution is 0.0692. The second kappa shape index (κ2) is 12.2. The molecule has 0 aliphatic rings. The molecule has 5 nitrogen and oxygen atoms in total. The van der Waals surface area contributed by atoms with E-state index in [9.17, 15) is 15.0 Å². The zero-order chi connectivity index (χ0) is 22.2. The van der Waals surface area contributed by atoms with Gasteiger partial charge in [0.15, 0.2) is 0 Å². The summed E-state index contributed by atoms with van der Waals surface area (Å²) in [7, 11) is 0. The van der Waals surface area contributed by atoms with Gasteiger partial charge in [0.25, 0.3) is 0 Å². The summed E-state index contributed by atoms with van der Waals surface area (Å²) in [5.41, 5.74) is 4.18. The molecule has 170 valence electrons. The molecule has 2 atom stereocenters. The van der Waals surface area contributed by atoms with Gasteiger partial charge >= 0.3 is 5.97 Å². The van der Waals surface area contributed by atoms with Gasteiger partial charge in [0, 0.05) is 6.04 Å². The number of carboxylic acid groups (broad SMARTS) is 1. The maximum absolute atomic E-state index is 11.4. The van der Waals surface area contributed by atoms with E-state index in [0.717, 1.165) is 29.7 Å². The lowest BCUT2D eigenvalue weighted by Gasteiger charge is -2.20. The van der Waals surface area contributed by atoms with E-state index in [0.29, 0.717) is 12.4 Å². The van der Waals surface area contributed by atoms with E-state index in [-0.39, 0.29) is 24.0 Å². The van der Waals surface area contributed by atoms with Crippen LogP contribution < -0.4 is 10.1 Å². The highest BCUT2D eigenvalue weighted by Crippen LogP contribution is 2.28. The van der Waals surface area contributed by atoms with Crippen molar-refractivity contribution in [3.63, 3.8) is 0 Å². The van der Waals surface area contributed by atoms with E-state index in [1.807, 2.05) is 56.3 Å². The smallest absolute Gasteiger partial charge is 0.339 e. The van der Waals surface area contributed by atoms with E-state index < -0.39 is 12.1 Å². The fourth-order valence-corrected chi connectivity index (χ4v) is 3.51. The van der Waals surface area contributed by atoms with Crippen LogP contribution in [0.3, 0.4) is 0 Å². The molecule has 0 spiro atoms. The quantitative estimate of drug-likeness (QED) is 0.395. The summed E-state index contributed by atoms with van der Waals surface area (Å²) in [5, 5.41) is 23.2. The normalized spacial score (nSPS) is 12.5. The summed E-state index contributed by atoms with van der Waals surface area (Å²) in [6, 6.07) is 23.0. The largest absolute Gasteiger partial charge is 0.493 e. The van der Waals surface area contributed by atoms with Crippen LogP contribution in [0.5, 0.6) is 5.75 Å². The third-order valence-corrected chi connectivity index (χ3v) is 5.29. The van der Waals surface area contributed by atoms with Gasteiger partial charge in [-0.15, -0.1) is 12.4 Å². The summed E-state index contributed by atoms with van der Waals surface area (Å²) in [6.07, 6.45) is 0.297. The van der Waals surface area contributed by atoms with Crippen LogP contribution in [0, 0.1) is 0 Å². The van der Waals surface area contributed by atoms with Crippen LogP contribution in [0.2, 0.25) is 0 Å². The number of hydrogen-bond acceptors (Lipinski definition) is 4. The van der Waals surface area contributed by atoms with E-state index in [4.69, 9.17) is 4.74 Å². The molecule has 0 aliphatic carbocycles. The first-order valence-electron chi connectivity index (χ1n) is 10.6. The van der Waals surface area contributed by atoms with Gasteiger partial charge in [-0.05, 0) is 61.2 Å². The van der Waals surface area contributed by atoms with Crippen LogP contribution in [0.1, 0.15) is 41.4 Å². The Morgan fingerprint density at radius 2 is 1.66 bits per heavy atom. The van der Waals surface area contributed by atoms with Gasteiger partial charge in [-0.3, -0.25) is 0 Å². The van der Waals surface area contributed by atoms with Crippen molar-refractivity contribution in [3.8, 4) is 16.9 Å². The van der Waals surface area contributed by atoms with E-state index in [1.165, 1.54) is 5.56 Å². The minimum absolute atomic E-state index is 0. The summed E-state index contributed by atoms with van der Waals surface area (Å²) in [6.45, 7) is 4.98. The number of hydrogen-bond donors (Lipinski definition) is 3. The van der Waals surface area contributed by atoms with Gasteiger partial charge in [0.2, 0.25) is 0 Å². The monoisotopic (exact) mass is 455 g/mol. The highest BCUT2D eigenvalue weighted by molar-refractivity contribution is 5.92. The van der Waals surface area contributed by atoms with Crippen molar-refractivity contribution in [2.45, 2.75) is 32.4 Å². The van der Waals surface area contributed by atoms with Gasteiger partial charge in [-0.25, -0.2) is 4.79 Å². The summed E-state index contributed by atoms with van der Waals surface area (Å²) >= 11 is 0. The van der Waals surface area contributed by atoms with Crippen LogP contribution in [0.15, 0.2) is 72.8 Å². The summed E-state index contributed by atoms with van der Waals surface area (Å²) < 4.78 is 5.50. The van der Waals surface area contributed by atoms with Gasteiger partial charge in [0.05, 0.1) is 12.7 Å². The molecule has 0 fully saturated rings. The Labute approximate surface area is 195 Å². The number of aliphatic hydroxyl groups is 1. The number of halogens is 1. The van der Waals surface area contributed by atoms with Gasteiger partial charge in [-0.2, -0.15) is 0 Å². The van der Waals surface area contributed by atoms with E-state index >= 15 is 0 Å². The lowest BCUT2D eigenvalue weighted by atomic mass is 10.0. The van der Waals surface area contributed by atoms with Crippen molar-refractivity contribution in [3.05, 3.63) is 89.5 Å². The highest BCUT2D eigenvalue weighted by Gasteiger charge is 2.15. The van der Waals surface area contributed by atoms with Crippen molar-refractivity contribution in [2.75, 3.05) is 13.2 Å². The Kier molecular flexibility index (Phi) is 9.72. The van der Waals surface area contributed by atoms with Crippen LogP contribution in [0.4, 0.5) is 0 Å². The zero-order valence-electron chi connectivity index (χ0n) is 18.3. The average Bonchev–Trinajstić information content (AvgIpc) is 2.79. The Morgan fingerprint density at radius 3 is 2.28 bits per heavy atom. The van der Waals surface area contributed by atoms with Gasteiger partial charge < -0.3 is 20.3 Å². The number of carbonyl (C=O) groups is 1. The van der Waals surface area contributed by atoms with E-state index in [2.05, 4.69) is 17.4 Å². The average molecular weight is 456 g/mol. The summed E-state index contributed by atoms with van der Waals surface area (Å²) in [5.74, 6) is -0.615. The minimum atomic E-state index is -0.996. The molecular formula is C26H30ClNO4. The molecule has 0 radical (unpaired) electrons. The predicted octanol–water partition coefficient (Wildman–Crippen LogP) is 5.13. The van der Waals surface area contributed by atoms with E-state index in [1.54, 1.807) is 18.2 Å². The highest BCUT2D eigenvalue weighted by atomic mass is 35.5. The minimum Gasteiger partial charge on any atom is -0.493 e. The van der Waals surface area contributed by atoms with Crippen molar-refractivity contribution in [1.29, 1.82) is 0 Å². The molecule has 6 heteroatoms. The fraction of sp³-hybridized carbons (Fsp3) is 0.269. The third kappa shape index (κ3) is 6.57. The van der Waals surface area contributed by atoms with Gasteiger partial charge in [-0.1, -0.05) is 60.7 Å². The molecule has 0 aromatic heterocycles. The second-order valence-corrected chi connectivity index (χ2v) is 7.49. The molecule has 0 saturated heterocycles. The number of benzene rings is 3. The number of rotatable bonds is 10. The molecule has 3 N–H and O–H groups in total. The van der Waals surface area contributed by atoms with Crippen LogP contribution in [-0.4, -0.2) is 35.4 Å². The molecular weight excluding hydrogens is 426 g/mol. The molecule has 0 unspecified atom stereocenters. The second-order valence-electron chi connectivity index (χ2n) is 7.49. The van der Waals surface area contributed by atoms with Crippen molar-refractivity contribution in [1.82, 2.24) is 5.32 Å². The molecule has 0 bridgehead atoms. The van der Waals surface area contributed by atoms with Crippen LogP contribution in [-0.2, 0) is 6.42 Å². The first kappa shape index (κ1) is 25.4. The molecule has 32 heavy (non-hydrogen) atoms. The zero-order valence-corrected chi connectivity index (χ0v) is 19.1. The number of aliphatic hydroxyl groups excluding tert-OH is 1. The number of carboxylic acids is 1. The predicted molar refractivity (Wildman–Crippen MR) is 130 cm³/mol. The maximum atomic E-state index is 11.4. The molecule has 0 heterocycles. The maximum Gasteiger partial charge on any atom is 0.339 e. The van der Waals surface area contributed by atoms with Crippen LogP contribution >= 0.6 is 12.4 Å².